The minimum absolute atomic E-state index is 0.293. The van der Waals surface area contributed by atoms with Crippen molar-refractivity contribution in [3.63, 3.8) is 0 Å². The van der Waals surface area contributed by atoms with E-state index in [1.54, 1.807) is 26.7 Å². The molecule has 1 atom stereocenters. The Morgan fingerprint density at radius 2 is 1.17 bits per heavy atom. The maximum atomic E-state index is 2.77. The Labute approximate surface area is 234 Å². The van der Waals surface area contributed by atoms with Gasteiger partial charge in [-0.3, -0.25) is 0 Å². The first-order chi connectivity index (χ1) is 16.5. The van der Waals surface area contributed by atoms with Gasteiger partial charge in [0, 0.05) is 0 Å². The van der Waals surface area contributed by atoms with Crippen LogP contribution in [0.25, 0.3) is 9.75 Å². The summed E-state index contributed by atoms with van der Waals surface area (Å²) in [6.45, 7) is 7.17. The maximum absolute atomic E-state index is 2.77. The quantitative estimate of drug-likeness (QED) is 0.127. The van der Waals surface area contributed by atoms with E-state index in [1.165, 1.54) is 77.0 Å². The fourth-order valence-corrected chi connectivity index (χ4v) is 19.0. The minimum atomic E-state index is -2.12. The van der Waals surface area contributed by atoms with Gasteiger partial charge in [-0.15, -0.1) is 0 Å². The molecule has 4 heteroatoms. The molecule has 2 aromatic heterocycles. The molecule has 0 fully saturated rings. The van der Waals surface area contributed by atoms with Gasteiger partial charge in [0.05, 0.1) is 0 Å². The fourth-order valence-electron chi connectivity index (χ4n) is 5.95. The van der Waals surface area contributed by atoms with Crippen molar-refractivity contribution in [3.8, 4) is 9.75 Å². The van der Waals surface area contributed by atoms with E-state index >= 15 is 0 Å². The van der Waals surface area contributed by atoms with Crippen LogP contribution in [0.4, 0.5) is 0 Å². The molecule has 1 aliphatic carbocycles. The Bertz CT molecular complexity index is 880. The number of rotatable bonds is 15. The first kappa shape index (κ1) is 30.5. The Morgan fingerprint density at radius 1 is 0.686 bits per heavy atom. The molecule has 0 aromatic carbocycles. The van der Waals surface area contributed by atoms with Gasteiger partial charge in [-0.1, -0.05) is 0 Å². The fraction of sp³-hybridized carbons (Fsp3) is 0.742. The van der Waals surface area contributed by atoms with Crippen molar-refractivity contribution in [3.05, 3.63) is 23.3 Å². The molecule has 0 saturated carbocycles. The summed E-state index contributed by atoms with van der Waals surface area (Å²) in [6.07, 6.45) is 16.7. The van der Waals surface area contributed by atoms with Crippen molar-refractivity contribution in [1.82, 2.24) is 0 Å². The van der Waals surface area contributed by atoms with Crippen LogP contribution in [0.1, 0.15) is 109 Å². The summed E-state index contributed by atoms with van der Waals surface area (Å²) in [7, 11) is 0. The van der Waals surface area contributed by atoms with Crippen LogP contribution in [0, 0.1) is 5.92 Å². The zero-order chi connectivity index (χ0) is 25.9. The van der Waals surface area contributed by atoms with Crippen LogP contribution in [0.15, 0.2) is 12.1 Å². The van der Waals surface area contributed by atoms with Crippen molar-refractivity contribution in [1.29, 1.82) is 0 Å². The number of thiophene rings is 2. The van der Waals surface area contributed by atoms with Crippen LogP contribution in [-0.4, -0.2) is 36.8 Å². The van der Waals surface area contributed by atoms with E-state index in [9.17, 15) is 0 Å². The van der Waals surface area contributed by atoms with Crippen molar-refractivity contribution in [2.24, 2.45) is 5.92 Å². The normalized spacial score (nSPS) is 15.9. The molecule has 0 spiro atoms. The Balaban J connectivity index is 2.08. The average Bonchev–Trinajstić information content (AvgIpc) is 3.46. The first-order valence-electron chi connectivity index (χ1n) is 14.8. The van der Waals surface area contributed by atoms with Crippen LogP contribution in [0.3, 0.4) is 0 Å². The van der Waals surface area contributed by atoms with Gasteiger partial charge in [-0.05, 0) is 0 Å². The molecule has 1 aliphatic rings. The summed E-state index contributed by atoms with van der Waals surface area (Å²) < 4.78 is 3.61. The predicted octanol–water partition coefficient (Wildman–Crippen LogP) is 10.5. The summed E-state index contributed by atoms with van der Waals surface area (Å²) in [5.74, 6) is 0.858. The molecule has 0 N–H and O–H groups in total. The van der Waals surface area contributed by atoms with Crippen molar-refractivity contribution in [2.75, 3.05) is 0 Å². The molecular formula is C31H54S2Sn2. The van der Waals surface area contributed by atoms with Gasteiger partial charge in [0.25, 0.3) is 0 Å². The Kier molecular flexibility index (Phi) is 11.3. The first-order valence-corrected chi connectivity index (χ1v) is 36.4. The summed E-state index contributed by atoms with van der Waals surface area (Å²) in [6, 6.07) is 5.54. The van der Waals surface area contributed by atoms with E-state index in [0.717, 1.165) is 5.92 Å². The molecule has 0 saturated heterocycles. The van der Waals surface area contributed by atoms with Gasteiger partial charge < -0.3 is 0 Å². The number of hydrogen-bond donors (Lipinski definition) is 0. The van der Waals surface area contributed by atoms with Crippen molar-refractivity contribution >= 4 is 65.2 Å². The second kappa shape index (κ2) is 12.9. The van der Waals surface area contributed by atoms with Crippen LogP contribution in [-0.2, 0) is 5.41 Å². The van der Waals surface area contributed by atoms with E-state index in [0.29, 0.717) is 5.41 Å². The van der Waals surface area contributed by atoms with Crippen LogP contribution in [0.2, 0.25) is 29.6 Å². The molecule has 0 radical (unpaired) electrons. The molecule has 0 amide bonds. The molecule has 2 aromatic rings. The third-order valence-electron chi connectivity index (χ3n) is 8.32. The SMILES string of the molecule is CCCCCCCCC1(CC(CC)CCCC)c2c[c]([Sn]([CH3])([CH3])[CH3])sc2-c2s[c]([Sn]([CH3])([CH3])[CH3])cc21. The van der Waals surface area contributed by atoms with Gasteiger partial charge >= 0.3 is 237 Å². The topological polar surface area (TPSA) is 0 Å². The molecule has 0 nitrogen and oxygen atoms in total. The third-order valence-corrected chi connectivity index (χ3v) is 29.6. The molecule has 0 bridgehead atoms. The molecule has 3 rings (SSSR count). The van der Waals surface area contributed by atoms with E-state index in [4.69, 9.17) is 0 Å². The van der Waals surface area contributed by atoms with Crippen molar-refractivity contribution in [2.45, 2.75) is 133 Å². The third kappa shape index (κ3) is 7.15. The molecular weight excluding hydrogens is 674 g/mol. The molecule has 2 heterocycles. The van der Waals surface area contributed by atoms with Gasteiger partial charge in [0.1, 0.15) is 0 Å². The molecule has 0 aliphatic heterocycles. The monoisotopic (exact) mass is 730 g/mol. The second-order valence-electron chi connectivity index (χ2n) is 13.4. The van der Waals surface area contributed by atoms with Crippen LogP contribution < -0.4 is 5.79 Å². The zero-order valence-corrected chi connectivity index (χ0v) is 31.9. The summed E-state index contributed by atoms with van der Waals surface area (Å²) in [5.41, 5.74) is 3.86. The van der Waals surface area contributed by atoms with E-state index in [1.807, 2.05) is 0 Å². The predicted molar refractivity (Wildman–Crippen MR) is 170 cm³/mol. The average molecular weight is 728 g/mol. The van der Waals surface area contributed by atoms with E-state index in [2.05, 4.69) is 85.2 Å². The summed E-state index contributed by atoms with van der Waals surface area (Å²) >= 11 is 0.208. The number of fused-ring (bicyclic) bond motifs is 3. The van der Waals surface area contributed by atoms with E-state index < -0.39 is 36.8 Å². The Morgan fingerprint density at radius 3 is 1.63 bits per heavy atom. The van der Waals surface area contributed by atoms with E-state index in [-0.39, 0.29) is 0 Å². The zero-order valence-electron chi connectivity index (χ0n) is 24.5. The Hall–Kier alpha value is 0.997. The summed E-state index contributed by atoms with van der Waals surface area (Å²) in [4.78, 5) is 19.1. The van der Waals surface area contributed by atoms with Gasteiger partial charge in [-0.25, -0.2) is 0 Å². The number of hydrogen-bond acceptors (Lipinski definition) is 2. The molecule has 35 heavy (non-hydrogen) atoms. The van der Waals surface area contributed by atoms with Gasteiger partial charge in [0.15, 0.2) is 0 Å². The van der Waals surface area contributed by atoms with Gasteiger partial charge in [0.2, 0.25) is 0 Å². The molecule has 198 valence electrons. The van der Waals surface area contributed by atoms with Crippen molar-refractivity contribution < 1.29 is 0 Å². The van der Waals surface area contributed by atoms with Crippen LogP contribution in [0.5, 0.6) is 0 Å². The van der Waals surface area contributed by atoms with Gasteiger partial charge in [-0.2, -0.15) is 0 Å². The standard InChI is InChI=1S/C25H36S2.6CH3.2Sn/c1-4-7-9-10-11-12-16-25(19-20(6-3)13-8-5-2)21-14-17-26-23(21)24-22(25)15-18-27-24;;;;;;;;/h14-15,20H,4-13,16,19H2,1-3H3;6*1H3;;. The summed E-state index contributed by atoms with van der Waals surface area (Å²) in [5, 5.41) is 0. The second-order valence-corrected chi connectivity index (χ2v) is 46.4. The molecule has 1 unspecified atom stereocenters. The number of unbranched alkanes of at least 4 members (excludes halogenated alkanes) is 6. The van der Waals surface area contributed by atoms with Crippen LogP contribution >= 0.6 is 22.7 Å².